The van der Waals surface area contributed by atoms with Crippen molar-refractivity contribution < 1.29 is 19.1 Å². The van der Waals surface area contributed by atoms with Crippen molar-refractivity contribution in [3.05, 3.63) is 42.0 Å². The molecule has 2 aromatic rings. The Bertz CT molecular complexity index is 962. The molecule has 3 amide bonds. The van der Waals surface area contributed by atoms with E-state index in [4.69, 9.17) is 4.74 Å². The second-order valence-electron chi connectivity index (χ2n) is 8.37. The van der Waals surface area contributed by atoms with E-state index in [0.29, 0.717) is 6.54 Å². The van der Waals surface area contributed by atoms with Crippen LogP contribution in [0.4, 0.5) is 0 Å². The molecule has 6 nitrogen and oxygen atoms in total. The van der Waals surface area contributed by atoms with Crippen molar-refractivity contribution in [3.63, 3.8) is 0 Å². The van der Waals surface area contributed by atoms with Crippen LogP contribution in [0.2, 0.25) is 0 Å². The van der Waals surface area contributed by atoms with Gasteiger partial charge in [-0.3, -0.25) is 19.3 Å². The van der Waals surface area contributed by atoms with Crippen molar-refractivity contribution in [2.45, 2.75) is 38.6 Å². The zero-order valence-electron chi connectivity index (χ0n) is 17.6. The number of rotatable bonds is 6. The smallest absolute Gasteiger partial charge is 0.233 e. The van der Waals surface area contributed by atoms with Gasteiger partial charge in [-0.2, -0.15) is 0 Å². The highest BCUT2D eigenvalue weighted by Crippen LogP contribution is 2.38. The fraction of sp³-hybridized carbons (Fsp3) is 0.458. The van der Waals surface area contributed by atoms with Crippen LogP contribution < -0.4 is 4.74 Å². The minimum atomic E-state index is -0.157. The lowest BCUT2D eigenvalue weighted by atomic mass is 9.81. The molecule has 30 heavy (non-hydrogen) atoms. The summed E-state index contributed by atoms with van der Waals surface area (Å²) >= 11 is 0. The summed E-state index contributed by atoms with van der Waals surface area (Å²) in [5.74, 6) is 0.273. The molecule has 0 aromatic heterocycles. The van der Waals surface area contributed by atoms with Crippen LogP contribution in [0.15, 0.2) is 36.4 Å². The van der Waals surface area contributed by atoms with Gasteiger partial charge in [0.05, 0.1) is 18.9 Å². The van der Waals surface area contributed by atoms with E-state index in [0.717, 1.165) is 47.8 Å². The number of fused-ring (bicyclic) bond motifs is 2. The second kappa shape index (κ2) is 8.46. The molecule has 0 radical (unpaired) electrons. The fourth-order valence-corrected chi connectivity index (χ4v) is 4.71. The predicted octanol–water partition coefficient (Wildman–Crippen LogP) is 3.37. The van der Waals surface area contributed by atoms with Crippen LogP contribution >= 0.6 is 0 Å². The summed E-state index contributed by atoms with van der Waals surface area (Å²) < 4.78 is 5.26. The lowest BCUT2D eigenvalue weighted by Crippen LogP contribution is -2.36. The molecule has 1 aliphatic heterocycles. The molecule has 1 heterocycles. The van der Waals surface area contributed by atoms with Gasteiger partial charge in [0.15, 0.2) is 0 Å². The Hall–Kier alpha value is -2.89. The summed E-state index contributed by atoms with van der Waals surface area (Å²) in [5.41, 5.74) is 1.03. The molecule has 0 spiro atoms. The second-order valence-corrected chi connectivity index (χ2v) is 8.37. The summed E-state index contributed by atoms with van der Waals surface area (Å²) in [7, 11) is 3.40. The van der Waals surface area contributed by atoms with Crippen LogP contribution in [0.3, 0.4) is 0 Å². The molecule has 0 N–H and O–H groups in total. The summed E-state index contributed by atoms with van der Waals surface area (Å²) in [6.45, 7) is 0.666. The Labute approximate surface area is 176 Å². The number of amides is 3. The highest BCUT2D eigenvalue weighted by Gasteiger charge is 2.47. The minimum Gasteiger partial charge on any atom is -0.497 e. The standard InChI is InChI=1S/C24H28N2O4/c1-25(15-16-7-8-18-14-19(30-2)10-9-17(18)13-16)22(27)11-12-26-23(28)20-5-3-4-6-21(20)24(26)29/h7-10,13-14,20-21H,3-6,11-12,15H2,1-2H3. The van der Waals surface area contributed by atoms with E-state index in [1.807, 2.05) is 30.3 Å². The van der Waals surface area contributed by atoms with Crippen LogP contribution in [0, 0.1) is 11.8 Å². The maximum atomic E-state index is 12.6. The normalized spacial score (nSPS) is 21.1. The van der Waals surface area contributed by atoms with E-state index in [1.165, 1.54) is 4.90 Å². The average molecular weight is 408 g/mol. The minimum absolute atomic E-state index is 0.0692. The number of nitrogens with zero attached hydrogens (tertiary/aromatic N) is 2. The first kappa shape index (κ1) is 20.4. The molecule has 1 saturated carbocycles. The van der Waals surface area contributed by atoms with Crippen molar-refractivity contribution in [2.75, 3.05) is 20.7 Å². The van der Waals surface area contributed by atoms with Crippen molar-refractivity contribution >= 4 is 28.5 Å². The molecule has 2 atom stereocenters. The third kappa shape index (κ3) is 3.91. The average Bonchev–Trinajstić information content (AvgIpc) is 3.01. The van der Waals surface area contributed by atoms with E-state index in [-0.39, 0.29) is 42.5 Å². The Kier molecular flexibility index (Phi) is 5.75. The number of likely N-dealkylation sites (tertiary alicyclic amines) is 1. The van der Waals surface area contributed by atoms with Crippen molar-refractivity contribution in [3.8, 4) is 5.75 Å². The van der Waals surface area contributed by atoms with Crippen LogP contribution in [-0.4, -0.2) is 48.2 Å². The van der Waals surface area contributed by atoms with Gasteiger partial charge in [0, 0.05) is 26.6 Å². The van der Waals surface area contributed by atoms with Crippen molar-refractivity contribution in [1.82, 2.24) is 9.80 Å². The van der Waals surface area contributed by atoms with Crippen molar-refractivity contribution in [2.24, 2.45) is 11.8 Å². The molecule has 2 aromatic carbocycles. The SMILES string of the molecule is COc1ccc2cc(CN(C)C(=O)CCN3C(=O)C4CCCCC4C3=O)ccc2c1. The third-order valence-electron chi connectivity index (χ3n) is 6.44. The Morgan fingerprint density at radius 1 is 1.03 bits per heavy atom. The molecule has 0 bridgehead atoms. The van der Waals surface area contributed by atoms with Crippen LogP contribution in [0.25, 0.3) is 10.8 Å². The van der Waals surface area contributed by atoms with Crippen LogP contribution in [-0.2, 0) is 20.9 Å². The van der Waals surface area contributed by atoms with Gasteiger partial charge >= 0.3 is 0 Å². The van der Waals surface area contributed by atoms with Gasteiger partial charge in [0.25, 0.3) is 0 Å². The number of imide groups is 1. The molecule has 2 fully saturated rings. The predicted molar refractivity (Wildman–Crippen MR) is 114 cm³/mol. The fourth-order valence-electron chi connectivity index (χ4n) is 4.71. The molecule has 2 unspecified atom stereocenters. The number of methoxy groups -OCH3 is 1. The van der Waals surface area contributed by atoms with Gasteiger partial charge in [0.2, 0.25) is 17.7 Å². The van der Waals surface area contributed by atoms with Gasteiger partial charge in [-0.15, -0.1) is 0 Å². The molecule has 2 aliphatic rings. The summed E-state index contributed by atoms with van der Waals surface area (Å²) in [6, 6.07) is 12.0. The Balaban J connectivity index is 1.35. The first-order chi connectivity index (χ1) is 14.5. The third-order valence-corrected chi connectivity index (χ3v) is 6.44. The van der Waals surface area contributed by atoms with Gasteiger partial charge in [-0.25, -0.2) is 0 Å². The first-order valence-electron chi connectivity index (χ1n) is 10.6. The number of carbonyl (C=O) groups is 3. The quantitative estimate of drug-likeness (QED) is 0.688. The van der Waals surface area contributed by atoms with Crippen molar-refractivity contribution in [1.29, 1.82) is 0 Å². The molecule has 158 valence electrons. The Morgan fingerprint density at radius 2 is 1.67 bits per heavy atom. The van der Waals surface area contributed by atoms with E-state index in [1.54, 1.807) is 19.1 Å². The molecule has 4 rings (SSSR count). The highest BCUT2D eigenvalue weighted by atomic mass is 16.5. The maximum absolute atomic E-state index is 12.6. The molecule has 1 aliphatic carbocycles. The van der Waals surface area contributed by atoms with Gasteiger partial charge in [-0.1, -0.05) is 31.0 Å². The van der Waals surface area contributed by atoms with E-state index in [2.05, 4.69) is 6.07 Å². The van der Waals surface area contributed by atoms with Crippen LogP contribution in [0.1, 0.15) is 37.7 Å². The number of carbonyl (C=O) groups excluding carboxylic acids is 3. The Morgan fingerprint density at radius 3 is 2.33 bits per heavy atom. The van der Waals surface area contributed by atoms with E-state index < -0.39 is 0 Å². The van der Waals surface area contributed by atoms with Gasteiger partial charge in [-0.05, 0) is 47.4 Å². The van der Waals surface area contributed by atoms with Gasteiger partial charge in [0.1, 0.15) is 5.75 Å². The first-order valence-corrected chi connectivity index (χ1v) is 10.6. The molecule has 1 saturated heterocycles. The summed E-state index contributed by atoms with van der Waals surface area (Å²) in [6.07, 6.45) is 3.78. The van der Waals surface area contributed by atoms with Gasteiger partial charge < -0.3 is 9.64 Å². The number of ether oxygens (including phenoxy) is 1. The number of benzene rings is 2. The van der Waals surface area contributed by atoms with E-state index >= 15 is 0 Å². The lowest BCUT2D eigenvalue weighted by Gasteiger charge is -2.20. The zero-order chi connectivity index (χ0) is 21.3. The molecular weight excluding hydrogens is 380 g/mol. The number of hydrogen-bond acceptors (Lipinski definition) is 4. The monoisotopic (exact) mass is 408 g/mol. The zero-order valence-corrected chi connectivity index (χ0v) is 17.6. The topological polar surface area (TPSA) is 66.9 Å². The lowest BCUT2D eigenvalue weighted by molar-refractivity contribution is -0.140. The largest absolute Gasteiger partial charge is 0.497 e. The summed E-state index contributed by atoms with van der Waals surface area (Å²) in [4.78, 5) is 40.8. The molecule has 6 heteroatoms. The number of hydrogen-bond donors (Lipinski definition) is 0. The van der Waals surface area contributed by atoms with Crippen LogP contribution in [0.5, 0.6) is 5.75 Å². The van der Waals surface area contributed by atoms with E-state index in [9.17, 15) is 14.4 Å². The summed E-state index contributed by atoms with van der Waals surface area (Å²) in [5, 5.41) is 2.17. The highest BCUT2D eigenvalue weighted by molar-refractivity contribution is 6.05. The molecular formula is C24H28N2O4. The maximum Gasteiger partial charge on any atom is 0.233 e.